The van der Waals surface area contributed by atoms with E-state index in [4.69, 9.17) is 0 Å². The topological polar surface area (TPSA) is 24.9 Å². The van der Waals surface area contributed by atoms with Gasteiger partial charge < -0.3 is 5.32 Å². The van der Waals surface area contributed by atoms with Gasteiger partial charge in [-0.15, -0.1) is 11.3 Å². The molecule has 0 bridgehead atoms. The molecular formula is C16H15BrN2S. The van der Waals surface area contributed by atoms with E-state index in [9.17, 15) is 0 Å². The fraction of sp³-hybridized carbons (Fsp3) is 0.188. The molecule has 0 saturated heterocycles. The molecule has 3 rings (SSSR count). The summed E-state index contributed by atoms with van der Waals surface area (Å²) in [4.78, 5) is 4.45. The molecule has 20 heavy (non-hydrogen) atoms. The summed E-state index contributed by atoms with van der Waals surface area (Å²) in [5.74, 6) is 0. The Morgan fingerprint density at radius 3 is 2.90 bits per heavy atom. The molecule has 0 fully saturated rings. The van der Waals surface area contributed by atoms with E-state index in [1.165, 1.54) is 16.5 Å². The second-order valence-electron chi connectivity index (χ2n) is 4.63. The number of hydrogen-bond donors (Lipinski definition) is 1. The highest BCUT2D eigenvalue weighted by Crippen LogP contribution is 2.30. The zero-order valence-corrected chi connectivity index (χ0v) is 13.5. The van der Waals surface area contributed by atoms with Gasteiger partial charge in [-0.2, -0.15) is 0 Å². The number of benzene rings is 1. The lowest BCUT2D eigenvalue weighted by atomic mass is 10.00. The number of hydrogen-bond acceptors (Lipinski definition) is 3. The lowest BCUT2D eigenvalue weighted by molar-refractivity contribution is 0.633. The van der Waals surface area contributed by atoms with Crippen LogP contribution < -0.4 is 5.32 Å². The quantitative estimate of drug-likeness (QED) is 0.736. The monoisotopic (exact) mass is 346 g/mol. The summed E-state index contributed by atoms with van der Waals surface area (Å²) in [7, 11) is 0. The molecule has 0 radical (unpaired) electrons. The predicted octanol–water partition coefficient (Wildman–Crippen LogP) is 4.76. The molecule has 1 N–H and O–H groups in total. The molecule has 1 unspecified atom stereocenters. The van der Waals surface area contributed by atoms with E-state index in [-0.39, 0.29) is 6.04 Å². The fourth-order valence-corrected chi connectivity index (χ4v) is 3.57. The second kappa shape index (κ2) is 6.04. The summed E-state index contributed by atoms with van der Waals surface area (Å²) < 4.78 is 1.16. The molecule has 3 aromatic rings. The number of aromatic nitrogens is 1. The Balaban J connectivity index is 2.04. The number of nitrogens with one attached hydrogen (secondary N) is 1. The molecule has 4 heteroatoms. The Bertz CT molecular complexity index is 723. The van der Waals surface area contributed by atoms with E-state index >= 15 is 0 Å². The zero-order chi connectivity index (χ0) is 13.9. The maximum atomic E-state index is 4.45. The summed E-state index contributed by atoms with van der Waals surface area (Å²) in [5.41, 5.74) is 3.59. The Morgan fingerprint density at radius 2 is 2.15 bits per heavy atom. The van der Waals surface area contributed by atoms with Crippen LogP contribution in [-0.2, 0) is 0 Å². The average Bonchev–Trinajstić information content (AvgIpc) is 2.90. The third kappa shape index (κ3) is 2.77. The Kier molecular flexibility index (Phi) is 4.15. The summed E-state index contributed by atoms with van der Waals surface area (Å²) in [6.45, 7) is 3.06. The van der Waals surface area contributed by atoms with Crippen LogP contribution in [0.15, 0.2) is 51.8 Å². The van der Waals surface area contributed by atoms with Crippen LogP contribution in [0.2, 0.25) is 0 Å². The van der Waals surface area contributed by atoms with Gasteiger partial charge >= 0.3 is 0 Å². The Labute approximate surface area is 131 Å². The maximum Gasteiger partial charge on any atom is 0.0705 e. The summed E-state index contributed by atoms with van der Waals surface area (Å²) >= 11 is 5.26. The van der Waals surface area contributed by atoms with Crippen LogP contribution in [0.1, 0.15) is 24.1 Å². The van der Waals surface area contributed by atoms with Gasteiger partial charge in [0.25, 0.3) is 0 Å². The lowest BCUT2D eigenvalue weighted by Gasteiger charge is -2.17. The number of halogens is 1. The van der Waals surface area contributed by atoms with Crippen LogP contribution in [-0.4, -0.2) is 11.5 Å². The summed E-state index contributed by atoms with van der Waals surface area (Å²) in [5, 5.41) is 6.92. The van der Waals surface area contributed by atoms with Gasteiger partial charge in [0.05, 0.1) is 15.3 Å². The number of pyridine rings is 1. The summed E-state index contributed by atoms with van der Waals surface area (Å²) in [6, 6.07) is 13.0. The molecule has 0 saturated carbocycles. The van der Waals surface area contributed by atoms with Crippen molar-refractivity contribution >= 4 is 38.2 Å². The van der Waals surface area contributed by atoms with Gasteiger partial charge in [-0.1, -0.05) is 25.1 Å². The van der Waals surface area contributed by atoms with Crippen molar-refractivity contribution in [1.29, 1.82) is 0 Å². The van der Waals surface area contributed by atoms with Crippen LogP contribution in [0.4, 0.5) is 0 Å². The smallest absolute Gasteiger partial charge is 0.0705 e. The van der Waals surface area contributed by atoms with Crippen LogP contribution in [0.3, 0.4) is 0 Å². The molecule has 1 atom stereocenters. The maximum absolute atomic E-state index is 4.45. The molecule has 2 aromatic heterocycles. The van der Waals surface area contributed by atoms with E-state index in [1.54, 1.807) is 11.3 Å². The molecule has 0 spiro atoms. The van der Waals surface area contributed by atoms with Crippen molar-refractivity contribution in [2.24, 2.45) is 0 Å². The number of nitrogens with zero attached hydrogens (tertiary/aromatic N) is 1. The largest absolute Gasteiger partial charge is 0.307 e. The van der Waals surface area contributed by atoms with Gasteiger partial charge in [-0.05, 0) is 57.2 Å². The average molecular weight is 347 g/mol. The lowest BCUT2D eigenvalue weighted by Crippen LogP contribution is -2.21. The van der Waals surface area contributed by atoms with Gasteiger partial charge in [-0.3, -0.25) is 4.98 Å². The molecule has 102 valence electrons. The van der Waals surface area contributed by atoms with Gasteiger partial charge in [0.2, 0.25) is 0 Å². The molecule has 0 aliphatic rings. The van der Waals surface area contributed by atoms with E-state index in [0.29, 0.717) is 0 Å². The Morgan fingerprint density at radius 1 is 1.25 bits per heavy atom. The van der Waals surface area contributed by atoms with Crippen molar-refractivity contribution in [3.8, 4) is 0 Å². The first-order valence-electron chi connectivity index (χ1n) is 6.60. The van der Waals surface area contributed by atoms with Crippen LogP contribution in [0.25, 0.3) is 10.9 Å². The first-order chi connectivity index (χ1) is 9.78. The predicted molar refractivity (Wildman–Crippen MR) is 89.3 cm³/mol. The van der Waals surface area contributed by atoms with E-state index in [1.807, 2.05) is 12.3 Å². The van der Waals surface area contributed by atoms with Crippen LogP contribution in [0.5, 0.6) is 0 Å². The van der Waals surface area contributed by atoms with Crippen LogP contribution in [0, 0.1) is 0 Å². The minimum absolute atomic E-state index is 0.217. The molecule has 0 amide bonds. The van der Waals surface area contributed by atoms with E-state index in [2.05, 4.69) is 68.9 Å². The second-order valence-corrected chi connectivity index (χ2v) is 6.92. The number of rotatable bonds is 4. The normalized spacial score (nSPS) is 12.7. The van der Waals surface area contributed by atoms with E-state index in [0.717, 1.165) is 15.8 Å². The fourth-order valence-electron chi connectivity index (χ4n) is 2.37. The molecular weight excluding hydrogens is 332 g/mol. The van der Waals surface area contributed by atoms with Crippen molar-refractivity contribution in [3.63, 3.8) is 0 Å². The molecule has 0 aliphatic carbocycles. The standard InChI is InChI=1S/C16H15BrN2S/c1-2-18-16(13-9-15(17)20-10-13)12-6-5-11-4-3-7-19-14(11)8-12/h3-10,16,18H,2H2,1H3. The highest BCUT2D eigenvalue weighted by molar-refractivity contribution is 9.11. The zero-order valence-electron chi connectivity index (χ0n) is 11.1. The van der Waals surface area contributed by atoms with Crippen LogP contribution >= 0.6 is 27.3 Å². The first-order valence-corrected chi connectivity index (χ1v) is 8.27. The molecule has 2 heterocycles. The Hall–Kier alpha value is -1.23. The van der Waals surface area contributed by atoms with Gasteiger partial charge in [0.1, 0.15) is 0 Å². The molecule has 2 nitrogen and oxygen atoms in total. The van der Waals surface area contributed by atoms with Gasteiger partial charge in [0, 0.05) is 11.6 Å². The minimum Gasteiger partial charge on any atom is -0.307 e. The van der Waals surface area contributed by atoms with Crippen molar-refractivity contribution in [2.45, 2.75) is 13.0 Å². The van der Waals surface area contributed by atoms with Gasteiger partial charge in [-0.25, -0.2) is 0 Å². The molecule has 1 aromatic carbocycles. The van der Waals surface area contributed by atoms with Crippen molar-refractivity contribution in [2.75, 3.05) is 6.54 Å². The third-order valence-corrected chi connectivity index (χ3v) is 4.82. The van der Waals surface area contributed by atoms with Crippen molar-refractivity contribution < 1.29 is 0 Å². The minimum atomic E-state index is 0.217. The number of thiophene rings is 1. The van der Waals surface area contributed by atoms with Crippen molar-refractivity contribution in [3.05, 3.63) is 62.9 Å². The summed E-state index contributed by atoms with van der Waals surface area (Å²) in [6.07, 6.45) is 1.84. The third-order valence-electron chi connectivity index (χ3n) is 3.29. The highest BCUT2D eigenvalue weighted by atomic mass is 79.9. The first kappa shape index (κ1) is 13.7. The SMILES string of the molecule is CCNC(c1csc(Br)c1)c1ccc2cccnc2c1. The van der Waals surface area contributed by atoms with E-state index < -0.39 is 0 Å². The van der Waals surface area contributed by atoms with Crippen molar-refractivity contribution in [1.82, 2.24) is 10.3 Å². The van der Waals surface area contributed by atoms with Gasteiger partial charge in [0.15, 0.2) is 0 Å². The highest BCUT2D eigenvalue weighted by Gasteiger charge is 2.15. The molecule has 0 aliphatic heterocycles. The number of fused-ring (bicyclic) bond motifs is 1.